The van der Waals surface area contributed by atoms with Crippen molar-refractivity contribution in [2.45, 2.75) is 18.8 Å². The number of nitrogens with zero attached hydrogens (tertiary/aromatic N) is 2. The Morgan fingerprint density at radius 2 is 1.29 bits per heavy atom. The van der Waals surface area contributed by atoms with Crippen LogP contribution in [0.25, 0.3) is 86.2 Å². The molecule has 0 amide bonds. The second-order valence-electron chi connectivity index (χ2n) is 16.3. The average molecular weight is 789 g/mol. The van der Waals surface area contributed by atoms with Crippen molar-refractivity contribution in [3.63, 3.8) is 0 Å². The molecule has 0 radical (unpaired) electrons. The monoisotopic (exact) mass is 788 g/mol. The molecule has 0 spiro atoms. The van der Waals surface area contributed by atoms with Crippen LogP contribution in [-0.4, -0.2) is 9.55 Å². The molecule has 0 fully saturated rings. The van der Waals surface area contributed by atoms with Gasteiger partial charge in [0.25, 0.3) is 0 Å². The van der Waals surface area contributed by atoms with Gasteiger partial charge in [-0.1, -0.05) is 140 Å². The first-order valence-electron chi connectivity index (χ1n) is 20.5. The standard InChI is InChI=1S/C55H36N2S2/c1-33-22-25-51-44(28-33)45-31-43-40-24-23-36(55(35-12-3-2-4-13-35)46-19-8-5-14-38(46)39-15-6-9-20-47(39)55)30-48(40)57(49(43)32-52(45)58-51)53-29-34(26-27-56-53)37-17-11-18-42-41-16-7-10-21-50(41)59-54(37)42/h2-27,29-33H,28H2,1H3. The van der Waals surface area contributed by atoms with E-state index in [4.69, 9.17) is 4.98 Å². The van der Waals surface area contributed by atoms with Crippen LogP contribution >= 0.6 is 22.7 Å². The second-order valence-corrected chi connectivity index (χ2v) is 18.4. The number of allylic oxidation sites excluding steroid dienone is 1. The third kappa shape index (κ3) is 4.64. The molecule has 0 aliphatic heterocycles. The molecule has 13 rings (SSSR count). The summed E-state index contributed by atoms with van der Waals surface area (Å²) in [5.74, 6) is 1.46. The first-order chi connectivity index (χ1) is 29.1. The highest BCUT2D eigenvalue weighted by atomic mass is 32.1. The van der Waals surface area contributed by atoms with Crippen molar-refractivity contribution in [3.8, 4) is 28.1 Å². The lowest BCUT2D eigenvalue weighted by atomic mass is 9.67. The molecular formula is C55H36N2S2. The Labute approximate surface area is 350 Å². The van der Waals surface area contributed by atoms with E-state index in [1.807, 2.05) is 28.9 Å². The van der Waals surface area contributed by atoms with Crippen LogP contribution in [0.5, 0.6) is 0 Å². The molecule has 59 heavy (non-hydrogen) atoms. The number of fused-ring (bicyclic) bond motifs is 12. The van der Waals surface area contributed by atoms with Gasteiger partial charge in [0.2, 0.25) is 0 Å². The molecule has 278 valence electrons. The number of pyridine rings is 1. The fourth-order valence-corrected chi connectivity index (χ4v) is 12.9. The number of benzene rings is 7. The van der Waals surface area contributed by atoms with Crippen LogP contribution in [0.1, 0.15) is 39.6 Å². The van der Waals surface area contributed by atoms with Crippen molar-refractivity contribution in [2.24, 2.45) is 5.92 Å². The fourth-order valence-electron chi connectivity index (χ4n) is 10.5. The number of thiophene rings is 2. The molecule has 4 heteroatoms. The summed E-state index contributed by atoms with van der Waals surface area (Å²) in [6.45, 7) is 2.33. The minimum atomic E-state index is -0.502. The molecule has 0 saturated heterocycles. The maximum Gasteiger partial charge on any atom is 0.138 e. The highest BCUT2D eigenvalue weighted by molar-refractivity contribution is 7.26. The minimum absolute atomic E-state index is 0.502. The summed E-state index contributed by atoms with van der Waals surface area (Å²) in [5, 5.41) is 6.51. The summed E-state index contributed by atoms with van der Waals surface area (Å²) >= 11 is 3.80. The van der Waals surface area contributed by atoms with Gasteiger partial charge < -0.3 is 0 Å². The summed E-state index contributed by atoms with van der Waals surface area (Å²) in [5.41, 5.74) is 13.5. The highest BCUT2D eigenvalue weighted by Crippen LogP contribution is 2.56. The van der Waals surface area contributed by atoms with E-state index in [0.29, 0.717) is 5.92 Å². The van der Waals surface area contributed by atoms with Gasteiger partial charge >= 0.3 is 0 Å². The smallest absolute Gasteiger partial charge is 0.138 e. The Bertz CT molecular complexity index is 3520. The van der Waals surface area contributed by atoms with Crippen molar-refractivity contribution >= 4 is 80.8 Å². The van der Waals surface area contributed by atoms with E-state index in [1.54, 1.807) is 0 Å². The van der Waals surface area contributed by atoms with Gasteiger partial charge in [0.05, 0.1) is 16.4 Å². The number of aromatic nitrogens is 2. The molecule has 0 N–H and O–H groups in total. The molecule has 11 aromatic rings. The van der Waals surface area contributed by atoms with Crippen molar-refractivity contribution in [3.05, 3.63) is 209 Å². The molecule has 2 nitrogen and oxygen atoms in total. The molecule has 2 aliphatic rings. The number of hydrogen-bond acceptors (Lipinski definition) is 3. The first kappa shape index (κ1) is 33.4. The van der Waals surface area contributed by atoms with E-state index in [1.165, 1.54) is 107 Å². The van der Waals surface area contributed by atoms with Crippen molar-refractivity contribution in [1.29, 1.82) is 0 Å². The van der Waals surface area contributed by atoms with Gasteiger partial charge in [-0.25, -0.2) is 4.98 Å². The zero-order chi connectivity index (χ0) is 38.8. The number of hydrogen-bond donors (Lipinski definition) is 0. The second kappa shape index (κ2) is 12.5. The summed E-state index contributed by atoms with van der Waals surface area (Å²) in [6.07, 6.45) is 7.79. The Kier molecular flexibility index (Phi) is 7.05. The maximum atomic E-state index is 5.22. The first-order valence-corrected chi connectivity index (χ1v) is 22.1. The molecule has 4 heterocycles. The van der Waals surface area contributed by atoms with Gasteiger partial charge in [-0.15, -0.1) is 22.7 Å². The van der Waals surface area contributed by atoms with Crippen LogP contribution in [0.3, 0.4) is 0 Å². The van der Waals surface area contributed by atoms with Crippen molar-refractivity contribution in [1.82, 2.24) is 9.55 Å². The fraction of sp³-hybridized carbons (Fsp3) is 0.0727. The molecular weight excluding hydrogens is 753 g/mol. The zero-order valence-corrected chi connectivity index (χ0v) is 33.9. The van der Waals surface area contributed by atoms with Gasteiger partial charge in [-0.05, 0) is 110 Å². The molecule has 0 saturated carbocycles. The summed E-state index contributed by atoms with van der Waals surface area (Å²) < 4.78 is 6.40. The Morgan fingerprint density at radius 3 is 2.14 bits per heavy atom. The van der Waals surface area contributed by atoms with Gasteiger partial charge in [0, 0.05) is 46.7 Å². The Hall–Kier alpha value is -6.59. The predicted octanol–water partition coefficient (Wildman–Crippen LogP) is 15.0. The lowest BCUT2D eigenvalue weighted by Gasteiger charge is -2.34. The van der Waals surface area contributed by atoms with Crippen LogP contribution in [-0.2, 0) is 11.8 Å². The van der Waals surface area contributed by atoms with Crippen molar-refractivity contribution in [2.75, 3.05) is 0 Å². The van der Waals surface area contributed by atoms with Gasteiger partial charge in [0.15, 0.2) is 0 Å². The van der Waals surface area contributed by atoms with Crippen LogP contribution in [0.4, 0.5) is 0 Å². The van der Waals surface area contributed by atoms with Crippen LogP contribution in [0.15, 0.2) is 176 Å². The lowest BCUT2D eigenvalue weighted by Crippen LogP contribution is -2.28. The molecule has 0 bridgehead atoms. The van der Waals surface area contributed by atoms with E-state index in [9.17, 15) is 0 Å². The van der Waals surface area contributed by atoms with Crippen LogP contribution in [0, 0.1) is 5.92 Å². The summed E-state index contributed by atoms with van der Waals surface area (Å²) in [6, 6.07) is 61.4. The van der Waals surface area contributed by atoms with Gasteiger partial charge in [0.1, 0.15) is 5.82 Å². The predicted molar refractivity (Wildman–Crippen MR) is 251 cm³/mol. The normalized spacial score (nSPS) is 15.4. The maximum absolute atomic E-state index is 5.22. The number of rotatable bonds is 4. The lowest BCUT2D eigenvalue weighted by molar-refractivity contribution is 0.724. The Morgan fingerprint density at radius 1 is 0.559 bits per heavy atom. The highest BCUT2D eigenvalue weighted by Gasteiger charge is 2.46. The summed E-state index contributed by atoms with van der Waals surface area (Å²) in [7, 11) is 0. The van der Waals surface area contributed by atoms with Crippen LogP contribution < -0.4 is 0 Å². The van der Waals surface area contributed by atoms with Gasteiger partial charge in [-0.3, -0.25) is 4.57 Å². The molecule has 1 atom stereocenters. The van der Waals surface area contributed by atoms with Gasteiger partial charge in [-0.2, -0.15) is 0 Å². The molecule has 7 aromatic carbocycles. The largest absolute Gasteiger partial charge is 0.294 e. The van der Waals surface area contributed by atoms with Crippen molar-refractivity contribution < 1.29 is 0 Å². The topological polar surface area (TPSA) is 17.8 Å². The summed E-state index contributed by atoms with van der Waals surface area (Å²) in [4.78, 5) is 6.61. The molecule has 4 aromatic heterocycles. The van der Waals surface area contributed by atoms with E-state index in [0.717, 1.165) is 12.2 Å². The van der Waals surface area contributed by atoms with Crippen LogP contribution in [0.2, 0.25) is 0 Å². The minimum Gasteiger partial charge on any atom is -0.294 e. The average Bonchev–Trinajstić information content (AvgIpc) is 4.02. The zero-order valence-electron chi connectivity index (χ0n) is 32.3. The van der Waals surface area contributed by atoms with E-state index >= 15 is 0 Å². The molecule has 2 aliphatic carbocycles. The van der Waals surface area contributed by atoms with E-state index in [2.05, 4.69) is 187 Å². The quantitative estimate of drug-likeness (QED) is 0.174. The Balaban J connectivity index is 1.12. The third-order valence-corrected chi connectivity index (χ3v) is 15.5. The third-order valence-electron chi connectivity index (χ3n) is 13.1. The van der Waals surface area contributed by atoms with E-state index in [-0.39, 0.29) is 0 Å². The van der Waals surface area contributed by atoms with E-state index < -0.39 is 5.41 Å². The molecule has 1 unspecified atom stereocenters. The SMILES string of the molecule is CC1C=Cc2sc3cc4c(cc3c2C1)c1ccc(C2(c3ccccc3)c3ccccc3-c3ccccc32)cc1n4-c1cc(-c2cccc3c2sc2ccccc23)ccn1.